The van der Waals surface area contributed by atoms with E-state index in [9.17, 15) is 4.79 Å². The van der Waals surface area contributed by atoms with Crippen molar-refractivity contribution in [2.24, 2.45) is 0 Å². The summed E-state index contributed by atoms with van der Waals surface area (Å²) in [5.74, 6) is -0.0953. The molecule has 2 heterocycles. The van der Waals surface area contributed by atoms with Crippen molar-refractivity contribution in [3.8, 4) is 0 Å². The molecule has 1 N–H and O–H groups in total. The predicted molar refractivity (Wildman–Crippen MR) is 96.4 cm³/mol. The maximum atomic E-state index is 12.2. The minimum Gasteiger partial charge on any atom is -0.351 e. The number of fused-ring (bicyclic) bond motifs is 1. The Bertz CT molecular complexity index is 859. The summed E-state index contributed by atoms with van der Waals surface area (Å²) < 4.78 is 3.94. The van der Waals surface area contributed by atoms with Crippen molar-refractivity contribution in [3.05, 3.63) is 48.4 Å². The lowest BCUT2D eigenvalue weighted by molar-refractivity contribution is 0.0946. The molecule has 1 saturated carbocycles. The average Bonchev–Trinajstić information content (AvgIpc) is 3.38. The first-order chi connectivity index (χ1) is 12.3. The number of aromatic nitrogens is 4. The Hall–Kier alpha value is -2.63. The van der Waals surface area contributed by atoms with E-state index in [1.54, 1.807) is 0 Å². The number of nitrogens with zero attached hydrogens (tertiary/aromatic N) is 4. The number of benzene rings is 1. The molecule has 0 atom stereocenters. The van der Waals surface area contributed by atoms with Crippen LogP contribution in [0.15, 0.2) is 42.7 Å². The molecule has 3 aromatic rings. The fourth-order valence-electron chi connectivity index (χ4n) is 3.56. The Morgan fingerprint density at radius 2 is 2.04 bits per heavy atom. The van der Waals surface area contributed by atoms with Crippen molar-refractivity contribution in [2.45, 2.75) is 44.7 Å². The molecule has 25 heavy (non-hydrogen) atoms. The van der Waals surface area contributed by atoms with Gasteiger partial charge in [0.15, 0.2) is 0 Å². The van der Waals surface area contributed by atoms with E-state index in [0.717, 1.165) is 23.9 Å². The number of carbonyl (C=O) groups is 1. The van der Waals surface area contributed by atoms with Crippen LogP contribution in [-0.2, 0) is 6.54 Å². The van der Waals surface area contributed by atoms with Crippen molar-refractivity contribution in [1.29, 1.82) is 0 Å². The lowest BCUT2D eigenvalue weighted by atomic mass is 10.2. The van der Waals surface area contributed by atoms with Gasteiger partial charge in [0, 0.05) is 24.7 Å². The summed E-state index contributed by atoms with van der Waals surface area (Å²) in [7, 11) is 0. The van der Waals surface area contributed by atoms with Crippen LogP contribution < -0.4 is 5.32 Å². The number of amides is 1. The topological polar surface area (TPSA) is 64.7 Å². The van der Waals surface area contributed by atoms with E-state index in [1.165, 1.54) is 25.7 Å². The summed E-state index contributed by atoms with van der Waals surface area (Å²) in [6, 6.07) is 10.4. The predicted octanol–water partition coefficient (Wildman–Crippen LogP) is 3.17. The van der Waals surface area contributed by atoms with Gasteiger partial charge < -0.3 is 5.32 Å². The number of aryl methyl sites for hydroxylation is 1. The highest BCUT2D eigenvalue weighted by molar-refractivity contribution is 5.92. The zero-order chi connectivity index (χ0) is 17.1. The molecule has 1 aliphatic carbocycles. The third kappa shape index (κ3) is 3.43. The number of carbonyl (C=O) groups excluding carboxylic acids is 1. The van der Waals surface area contributed by atoms with Crippen LogP contribution in [0, 0.1) is 0 Å². The molecule has 1 fully saturated rings. The molecular weight excluding hydrogens is 314 g/mol. The molecule has 4 rings (SSSR count). The number of hydrogen-bond donors (Lipinski definition) is 1. The molecule has 0 unspecified atom stereocenters. The van der Waals surface area contributed by atoms with E-state index in [2.05, 4.69) is 27.6 Å². The van der Waals surface area contributed by atoms with Gasteiger partial charge in [-0.05, 0) is 31.4 Å². The zero-order valence-electron chi connectivity index (χ0n) is 14.3. The summed E-state index contributed by atoms with van der Waals surface area (Å²) in [6.45, 7) is 1.40. The van der Waals surface area contributed by atoms with Gasteiger partial charge in [-0.2, -0.15) is 10.2 Å². The number of hydrogen-bond acceptors (Lipinski definition) is 3. The molecule has 0 bridgehead atoms. The number of para-hydroxylation sites is 1. The van der Waals surface area contributed by atoms with Crippen LogP contribution in [0.4, 0.5) is 0 Å². The van der Waals surface area contributed by atoms with E-state index in [-0.39, 0.29) is 5.91 Å². The van der Waals surface area contributed by atoms with Crippen molar-refractivity contribution < 1.29 is 4.79 Å². The highest BCUT2D eigenvalue weighted by Gasteiger charge is 2.19. The first kappa shape index (κ1) is 15.9. The Morgan fingerprint density at radius 3 is 2.92 bits per heavy atom. The minimum absolute atomic E-state index is 0.0953. The van der Waals surface area contributed by atoms with Gasteiger partial charge in [0.25, 0.3) is 5.91 Å². The van der Waals surface area contributed by atoms with Gasteiger partial charge in [-0.3, -0.25) is 14.2 Å². The lowest BCUT2D eigenvalue weighted by Crippen LogP contribution is -2.26. The standard InChI is InChI=1S/C19H23N5O/c25-19(17-10-13-23(22-17)16-7-2-3-8-16)20-11-5-12-24-18-9-4-1-6-15(18)14-21-24/h1,4,6,9-10,13-14,16H,2-3,5,7-8,11-12H2,(H,20,25). The number of nitrogens with one attached hydrogen (secondary N) is 1. The first-order valence-electron chi connectivity index (χ1n) is 9.05. The Labute approximate surface area is 146 Å². The van der Waals surface area contributed by atoms with Gasteiger partial charge in [0.1, 0.15) is 5.69 Å². The second kappa shape index (κ2) is 7.09. The van der Waals surface area contributed by atoms with Gasteiger partial charge in [0.2, 0.25) is 0 Å². The molecule has 0 radical (unpaired) electrons. The molecule has 0 spiro atoms. The van der Waals surface area contributed by atoms with Crippen LogP contribution in [0.2, 0.25) is 0 Å². The third-order valence-electron chi connectivity index (χ3n) is 4.92. The summed E-state index contributed by atoms with van der Waals surface area (Å²) >= 11 is 0. The van der Waals surface area contributed by atoms with E-state index in [1.807, 2.05) is 40.0 Å². The highest BCUT2D eigenvalue weighted by Crippen LogP contribution is 2.28. The lowest BCUT2D eigenvalue weighted by Gasteiger charge is -2.09. The quantitative estimate of drug-likeness (QED) is 0.703. The second-order valence-electron chi connectivity index (χ2n) is 6.66. The fourth-order valence-corrected chi connectivity index (χ4v) is 3.56. The Kier molecular flexibility index (Phi) is 4.50. The van der Waals surface area contributed by atoms with Crippen molar-refractivity contribution in [1.82, 2.24) is 24.9 Å². The largest absolute Gasteiger partial charge is 0.351 e. The van der Waals surface area contributed by atoms with E-state index >= 15 is 0 Å². The van der Waals surface area contributed by atoms with Crippen LogP contribution in [-0.4, -0.2) is 32.0 Å². The first-order valence-corrected chi connectivity index (χ1v) is 9.05. The van der Waals surface area contributed by atoms with Gasteiger partial charge in [-0.25, -0.2) is 0 Å². The molecule has 2 aromatic heterocycles. The monoisotopic (exact) mass is 337 g/mol. The minimum atomic E-state index is -0.0953. The zero-order valence-corrected chi connectivity index (χ0v) is 14.3. The summed E-state index contributed by atoms with van der Waals surface area (Å²) in [5, 5.41) is 13.0. The van der Waals surface area contributed by atoms with Gasteiger partial charge >= 0.3 is 0 Å². The summed E-state index contributed by atoms with van der Waals surface area (Å²) in [5.41, 5.74) is 1.64. The van der Waals surface area contributed by atoms with Gasteiger partial charge in [-0.1, -0.05) is 31.0 Å². The Morgan fingerprint density at radius 1 is 1.20 bits per heavy atom. The van der Waals surface area contributed by atoms with Crippen LogP contribution in [0.25, 0.3) is 10.9 Å². The molecular formula is C19H23N5O. The third-order valence-corrected chi connectivity index (χ3v) is 4.92. The summed E-state index contributed by atoms with van der Waals surface area (Å²) in [4.78, 5) is 12.2. The van der Waals surface area contributed by atoms with E-state index in [4.69, 9.17) is 0 Å². The highest BCUT2D eigenvalue weighted by atomic mass is 16.1. The van der Waals surface area contributed by atoms with E-state index < -0.39 is 0 Å². The molecule has 0 aliphatic heterocycles. The van der Waals surface area contributed by atoms with Crippen molar-refractivity contribution in [3.63, 3.8) is 0 Å². The van der Waals surface area contributed by atoms with Crippen LogP contribution in [0.1, 0.15) is 48.6 Å². The van der Waals surface area contributed by atoms with E-state index in [0.29, 0.717) is 18.3 Å². The number of rotatable bonds is 6. The van der Waals surface area contributed by atoms with Crippen molar-refractivity contribution in [2.75, 3.05) is 6.54 Å². The summed E-state index contributed by atoms with van der Waals surface area (Å²) in [6.07, 6.45) is 9.49. The molecule has 1 aliphatic rings. The Balaban J connectivity index is 1.27. The molecule has 1 aromatic carbocycles. The maximum absolute atomic E-state index is 12.2. The normalized spacial score (nSPS) is 15.0. The molecule has 6 nitrogen and oxygen atoms in total. The van der Waals surface area contributed by atoms with Crippen LogP contribution in [0.3, 0.4) is 0 Å². The average molecular weight is 337 g/mol. The molecule has 0 saturated heterocycles. The second-order valence-corrected chi connectivity index (χ2v) is 6.66. The molecule has 1 amide bonds. The SMILES string of the molecule is O=C(NCCCn1ncc2ccccc21)c1ccn(C2CCCC2)n1. The smallest absolute Gasteiger partial charge is 0.271 e. The van der Waals surface area contributed by atoms with Crippen LogP contribution >= 0.6 is 0 Å². The maximum Gasteiger partial charge on any atom is 0.271 e. The van der Waals surface area contributed by atoms with Gasteiger partial charge in [-0.15, -0.1) is 0 Å². The van der Waals surface area contributed by atoms with Crippen molar-refractivity contribution >= 4 is 16.8 Å². The molecule has 130 valence electrons. The molecule has 6 heteroatoms. The van der Waals surface area contributed by atoms with Crippen LogP contribution in [0.5, 0.6) is 0 Å². The fraction of sp³-hybridized carbons (Fsp3) is 0.421. The van der Waals surface area contributed by atoms with Gasteiger partial charge in [0.05, 0.1) is 17.8 Å².